The van der Waals surface area contributed by atoms with Gasteiger partial charge in [0, 0.05) is 12.5 Å². The van der Waals surface area contributed by atoms with Crippen LogP contribution in [0.1, 0.15) is 33.6 Å². The van der Waals surface area contributed by atoms with Gasteiger partial charge in [-0.25, -0.2) is 0 Å². The Bertz CT molecular complexity index is 218. The molecule has 3 N–H and O–H groups in total. The van der Waals surface area contributed by atoms with Gasteiger partial charge in [-0.3, -0.25) is 4.79 Å². The van der Waals surface area contributed by atoms with Crippen molar-refractivity contribution in [1.29, 1.82) is 0 Å². The standard InChI is InChI=1S/C11H20N2O/c1-5-6-9(4)13-11(14)10(12)7-8(2)3/h1,8-10H,6-7,12H2,2-4H3,(H,13,14)/t9?,10-/m1/s1. The Morgan fingerprint density at radius 2 is 2.07 bits per heavy atom. The maximum Gasteiger partial charge on any atom is 0.237 e. The SMILES string of the molecule is C#CCC(C)NC(=O)[C@H](N)CC(C)C. The van der Waals surface area contributed by atoms with E-state index >= 15 is 0 Å². The summed E-state index contributed by atoms with van der Waals surface area (Å²) in [4.78, 5) is 11.5. The fourth-order valence-electron chi connectivity index (χ4n) is 1.19. The van der Waals surface area contributed by atoms with Crippen LogP contribution in [0.4, 0.5) is 0 Å². The Labute approximate surface area is 86.4 Å². The lowest BCUT2D eigenvalue weighted by Gasteiger charge is -2.17. The lowest BCUT2D eigenvalue weighted by Crippen LogP contribution is -2.44. The molecular formula is C11H20N2O. The van der Waals surface area contributed by atoms with Crippen molar-refractivity contribution in [3.05, 3.63) is 0 Å². The van der Waals surface area contributed by atoms with Gasteiger partial charge in [-0.1, -0.05) is 13.8 Å². The van der Waals surface area contributed by atoms with E-state index in [1.807, 2.05) is 20.8 Å². The molecule has 0 aromatic heterocycles. The molecule has 0 radical (unpaired) electrons. The number of terminal acetylenes is 1. The van der Waals surface area contributed by atoms with Crippen LogP contribution in [0.3, 0.4) is 0 Å². The van der Waals surface area contributed by atoms with Gasteiger partial charge in [-0.05, 0) is 19.3 Å². The van der Waals surface area contributed by atoms with Crippen molar-refractivity contribution in [3.8, 4) is 12.3 Å². The highest BCUT2D eigenvalue weighted by Crippen LogP contribution is 2.03. The molecule has 0 aliphatic rings. The number of amides is 1. The summed E-state index contributed by atoms with van der Waals surface area (Å²) in [6.07, 6.45) is 6.37. The molecule has 0 aromatic rings. The summed E-state index contributed by atoms with van der Waals surface area (Å²) in [5.74, 6) is 2.82. The van der Waals surface area contributed by atoms with Crippen LogP contribution in [-0.2, 0) is 4.79 Å². The van der Waals surface area contributed by atoms with Crippen molar-refractivity contribution >= 4 is 5.91 Å². The second-order valence-electron chi connectivity index (χ2n) is 4.05. The summed E-state index contributed by atoms with van der Waals surface area (Å²) >= 11 is 0. The van der Waals surface area contributed by atoms with Gasteiger partial charge < -0.3 is 11.1 Å². The van der Waals surface area contributed by atoms with Crippen LogP contribution in [0.5, 0.6) is 0 Å². The van der Waals surface area contributed by atoms with Crippen molar-refractivity contribution in [2.75, 3.05) is 0 Å². The van der Waals surface area contributed by atoms with Gasteiger partial charge in [0.2, 0.25) is 5.91 Å². The third-order valence-corrected chi connectivity index (χ3v) is 1.87. The highest BCUT2D eigenvalue weighted by atomic mass is 16.2. The minimum Gasteiger partial charge on any atom is -0.351 e. The number of nitrogens with one attached hydrogen (secondary N) is 1. The molecule has 1 unspecified atom stereocenters. The summed E-state index contributed by atoms with van der Waals surface area (Å²) in [7, 11) is 0. The van der Waals surface area contributed by atoms with E-state index in [2.05, 4.69) is 11.2 Å². The second-order valence-corrected chi connectivity index (χ2v) is 4.05. The van der Waals surface area contributed by atoms with Crippen molar-refractivity contribution in [2.45, 2.75) is 45.7 Å². The second kappa shape index (κ2) is 6.44. The number of hydrogen-bond donors (Lipinski definition) is 2. The molecule has 0 aliphatic heterocycles. The smallest absolute Gasteiger partial charge is 0.237 e. The zero-order valence-electron chi connectivity index (χ0n) is 9.21. The summed E-state index contributed by atoms with van der Waals surface area (Å²) in [6.45, 7) is 5.95. The first-order valence-corrected chi connectivity index (χ1v) is 4.96. The van der Waals surface area contributed by atoms with E-state index in [0.717, 1.165) is 0 Å². The fourth-order valence-corrected chi connectivity index (χ4v) is 1.19. The molecule has 0 heterocycles. The molecule has 1 amide bonds. The molecule has 0 fully saturated rings. The quantitative estimate of drug-likeness (QED) is 0.642. The van der Waals surface area contributed by atoms with Crippen LogP contribution in [0, 0.1) is 18.3 Å². The predicted molar refractivity (Wildman–Crippen MR) is 58.5 cm³/mol. The molecule has 0 saturated heterocycles. The topological polar surface area (TPSA) is 55.1 Å². The van der Waals surface area contributed by atoms with E-state index in [-0.39, 0.29) is 11.9 Å². The normalized spacial score (nSPS) is 14.6. The highest BCUT2D eigenvalue weighted by Gasteiger charge is 2.16. The molecular weight excluding hydrogens is 176 g/mol. The van der Waals surface area contributed by atoms with E-state index in [9.17, 15) is 4.79 Å². The molecule has 0 spiro atoms. The molecule has 80 valence electrons. The van der Waals surface area contributed by atoms with Crippen LogP contribution in [0.2, 0.25) is 0 Å². The first-order chi connectivity index (χ1) is 6.47. The number of nitrogens with two attached hydrogens (primary N) is 1. The largest absolute Gasteiger partial charge is 0.351 e. The minimum absolute atomic E-state index is 0.00529. The van der Waals surface area contributed by atoms with Crippen LogP contribution >= 0.6 is 0 Å². The maximum absolute atomic E-state index is 11.5. The molecule has 2 atom stereocenters. The number of carbonyl (C=O) groups excluding carboxylic acids is 1. The molecule has 0 aromatic carbocycles. The van der Waals surface area contributed by atoms with Gasteiger partial charge in [-0.2, -0.15) is 0 Å². The lowest BCUT2D eigenvalue weighted by molar-refractivity contribution is -0.123. The lowest BCUT2D eigenvalue weighted by atomic mass is 10.0. The molecule has 0 aliphatic carbocycles. The van der Waals surface area contributed by atoms with Gasteiger partial charge >= 0.3 is 0 Å². The van der Waals surface area contributed by atoms with Crippen LogP contribution < -0.4 is 11.1 Å². The zero-order chi connectivity index (χ0) is 11.1. The van der Waals surface area contributed by atoms with Crippen molar-refractivity contribution < 1.29 is 4.79 Å². The van der Waals surface area contributed by atoms with Gasteiger partial charge in [0.1, 0.15) is 0 Å². The third kappa shape index (κ3) is 5.60. The van der Waals surface area contributed by atoms with Crippen molar-refractivity contribution in [1.82, 2.24) is 5.32 Å². The van der Waals surface area contributed by atoms with E-state index in [4.69, 9.17) is 12.2 Å². The Kier molecular flexibility index (Phi) is 5.98. The summed E-state index contributed by atoms with van der Waals surface area (Å²) in [6, 6.07) is -0.416. The molecule has 0 rings (SSSR count). The number of rotatable bonds is 5. The van der Waals surface area contributed by atoms with E-state index in [1.165, 1.54) is 0 Å². The minimum atomic E-state index is -0.421. The number of carbonyl (C=O) groups is 1. The predicted octanol–water partition coefficient (Wildman–Crippen LogP) is 0.888. The summed E-state index contributed by atoms with van der Waals surface area (Å²) in [5, 5.41) is 2.78. The first kappa shape index (κ1) is 13.0. The average Bonchev–Trinajstić information content (AvgIpc) is 2.02. The monoisotopic (exact) mass is 196 g/mol. The van der Waals surface area contributed by atoms with Gasteiger partial charge in [0.25, 0.3) is 0 Å². The van der Waals surface area contributed by atoms with Crippen molar-refractivity contribution in [2.24, 2.45) is 11.7 Å². The first-order valence-electron chi connectivity index (χ1n) is 4.96. The Balaban J connectivity index is 3.90. The zero-order valence-corrected chi connectivity index (χ0v) is 9.21. The van der Waals surface area contributed by atoms with E-state index < -0.39 is 6.04 Å². The fraction of sp³-hybridized carbons (Fsp3) is 0.727. The Hall–Kier alpha value is -1.01. The maximum atomic E-state index is 11.5. The highest BCUT2D eigenvalue weighted by molar-refractivity contribution is 5.81. The molecule has 3 nitrogen and oxygen atoms in total. The van der Waals surface area contributed by atoms with Gasteiger partial charge in [0.05, 0.1) is 6.04 Å². The van der Waals surface area contributed by atoms with Gasteiger partial charge in [0.15, 0.2) is 0 Å². The summed E-state index contributed by atoms with van der Waals surface area (Å²) in [5.41, 5.74) is 5.70. The Morgan fingerprint density at radius 3 is 2.50 bits per heavy atom. The van der Waals surface area contributed by atoms with Crippen LogP contribution in [0.25, 0.3) is 0 Å². The molecule has 0 saturated carbocycles. The van der Waals surface area contributed by atoms with E-state index in [0.29, 0.717) is 18.8 Å². The molecule has 3 heteroatoms. The van der Waals surface area contributed by atoms with Crippen LogP contribution in [-0.4, -0.2) is 18.0 Å². The molecule has 0 bridgehead atoms. The Morgan fingerprint density at radius 1 is 1.50 bits per heavy atom. The van der Waals surface area contributed by atoms with Crippen LogP contribution in [0.15, 0.2) is 0 Å². The van der Waals surface area contributed by atoms with E-state index in [1.54, 1.807) is 0 Å². The average molecular weight is 196 g/mol. The van der Waals surface area contributed by atoms with Crippen molar-refractivity contribution in [3.63, 3.8) is 0 Å². The van der Waals surface area contributed by atoms with Gasteiger partial charge in [-0.15, -0.1) is 12.3 Å². The molecule has 14 heavy (non-hydrogen) atoms. The number of hydrogen-bond acceptors (Lipinski definition) is 2. The third-order valence-electron chi connectivity index (χ3n) is 1.87. The summed E-state index contributed by atoms with van der Waals surface area (Å²) < 4.78 is 0.